The largest absolute Gasteiger partial charge is 0.493 e. The molecule has 2 aromatic rings. The summed E-state index contributed by atoms with van der Waals surface area (Å²) in [6.07, 6.45) is 1.01. The van der Waals surface area contributed by atoms with Crippen molar-refractivity contribution in [3.05, 3.63) is 53.6 Å². The van der Waals surface area contributed by atoms with Crippen LogP contribution in [0.5, 0.6) is 5.75 Å². The number of benzene rings is 2. The van der Waals surface area contributed by atoms with Gasteiger partial charge in [-0.2, -0.15) is 0 Å². The molecule has 1 heterocycles. The van der Waals surface area contributed by atoms with Crippen LogP contribution in [0.15, 0.2) is 42.5 Å². The molecule has 0 spiro atoms. The van der Waals surface area contributed by atoms with Gasteiger partial charge < -0.3 is 15.4 Å². The standard InChI is InChI=1S/C16H18N2O/c1-18(11-12-3-2-4-14(17)9-12)15-5-6-16-13(10-15)7-8-19-16/h2-6,9-10H,7-8,11,17H2,1H3. The molecule has 0 bridgehead atoms. The molecule has 2 aromatic carbocycles. The zero-order valence-electron chi connectivity index (χ0n) is 11.1. The van der Waals surface area contributed by atoms with E-state index in [0.717, 1.165) is 31.0 Å². The third kappa shape index (κ3) is 2.50. The first-order chi connectivity index (χ1) is 9.22. The molecule has 19 heavy (non-hydrogen) atoms. The smallest absolute Gasteiger partial charge is 0.122 e. The number of fused-ring (bicyclic) bond motifs is 1. The Labute approximate surface area is 113 Å². The van der Waals surface area contributed by atoms with E-state index in [2.05, 4.69) is 36.2 Å². The topological polar surface area (TPSA) is 38.5 Å². The maximum absolute atomic E-state index is 5.81. The lowest BCUT2D eigenvalue weighted by atomic mass is 10.1. The van der Waals surface area contributed by atoms with Gasteiger partial charge in [0.25, 0.3) is 0 Å². The summed E-state index contributed by atoms with van der Waals surface area (Å²) in [5, 5.41) is 0. The summed E-state index contributed by atoms with van der Waals surface area (Å²) >= 11 is 0. The Balaban J connectivity index is 1.78. The van der Waals surface area contributed by atoms with Crippen molar-refractivity contribution < 1.29 is 4.74 Å². The van der Waals surface area contributed by atoms with Crippen LogP contribution in [0.4, 0.5) is 11.4 Å². The number of hydrogen-bond donors (Lipinski definition) is 1. The zero-order valence-corrected chi connectivity index (χ0v) is 11.1. The van der Waals surface area contributed by atoms with Crippen molar-refractivity contribution in [2.45, 2.75) is 13.0 Å². The van der Waals surface area contributed by atoms with E-state index >= 15 is 0 Å². The van der Waals surface area contributed by atoms with Crippen molar-refractivity contribution in [1.82, 2.24) is 0 Å². The second kappa shape index (κ2) is 4.84. The van der Waals surface area contributed by atoms with Crippen molar-refractivity contribution in [3.63, 3.8) is 0 Å². The van der Waals surface area contributed by atoms with Gasteiger partial charge in [-0.25, -0.2) is 0 Å². The van der Waals surface area contributed by atoms with Crippen molar-refractivity contribution in [2.24, 2.45) is 0 Å². The van der Waals surface area contributed by atoms with E-state index in [0.29, 0.717) is 0 Å². The molecule has 0 atom stereocenters. The molecular weight excluding hydrogens is 236 g/mol. The van der Waals surface area contributed by atoms with Crippen LogP contribution in [0.2, 0.25) is 0 Å². The van der Waals surface area contributed by atoms with Crippen LogP contribution >= 0.6 is 0 Å². The molecule has 2 N–H and O–H groups in total. The van der Waals surface area contributed by atoms with Crippen molar-refractivity contribution in [1.29, 1.82) is 0 Å². The molecule has 0 aromatic heterocycles. The highest BCUT2D eigenvalue weighted by Gasteiger charge is 2.13. The molecule has 0 saturated carbocycles. The van der Waals surface area contributed by atoms with Gasteiger partial charge in [0.15, 0.2) is 0 Å². The summed E-state index contributed by atoms with van der Waals surface area (Å²) in [6, 6.07) is 14.4. The number of ether oxygens (including phenoxy) is 1. The summed E-state index contributed by atoms with van der Waals surface area (Å²) in [5.74, 6) is 1.03. The second-order valence-electron chi connectivity index (χ2n) is 4.99. The summed E-state index contributed by atoms with van der Waals surface area (Å²) < 4.78 is 5.53. The molecular formula is C16H18N2O. The van der Waals surface area contributed by atoms with E-state index in [1.54, 1.807) is 0 Å². The van der Waals surface area contributed by atoms with E-state index in [1.807, 2.05) is 18.2 Å². The van der Waals surface area contributed by atoms with Gasteiger partial charge in [0.05, 0.1) is 6.61 Å². The van der Waals surface area contributed by atoms with E-state index in [9.17, 15) is 0 Å². The van der Waals surface area contributed by atoms with Gasteiger partial charge >= 0.3 is 0 Å². The summed E-state index contributed by atoms with van der Waals surface area (Å²) in [5.41, 5.74) is 10.4. The monoisotopic (exact) mass is 254 g/mol. The minimum absolute atomic E-state index is 0.803. The minimum atomic E-state index is 0.803. The SMILES string of the molecule is CN(Cc1cccc(N)c1)c1ccc2c(c1)CCO2. The number of anilines is 2. The summed E-state index contributed by atoms with van der Waals surface area (Å²) in [6.45, 7) is 1.66. The molecule has 3 rings (SSSR count). The molecule has 0 saturated heterocycles. The van der Waals surface area contributed by atoms with Crippen LogP contribution < -0.4 is 15.4 Å². The number of hydrogen-bond acceptors (Lipinski definition) is 3. The fourth-order valence-electron chi connectivity index (χ4n) is 2.47. The quantitative estimate of drug-likeness (QED) is 0.856. The molecule has 0 amide bonds. The normalized spacial score (nSPS) is 12.9. The first-order valence-corrected chi connectivity index (χ1v) is 6.54. The first-order valence-electron chi connectivity index (χ1n) is 6.54. The molecule has 98 valence electrons. The highest BCUT2D eigenvalue weighted by molar-refractivity contribution is 5.54. The highest BCUT2D eigenvalue weighted by Crippen LogP contribution is 2.29. The molecule has 0 unspecified atom stereocenters. The van der Waals surface area contributed by atoms with Crippen LogP contribution in [0, 0.1) is 0 Å². The fourth-order valence-corrected chi connectivity index (χ4v) is 2.47. The molecule has 0 radical (unpaired) electrons. The molecule has 0 aliphatic carbocycles. The number of nitrogens with two attached hydrogens (primary N) is 1. The van der Waals surface area contributed by atoms with E-state index in [-0.39, 0.29) is 0 Å². The number of nitrogens with zero attached hydrogens (tertiary/aromatic N) is 1. The maximum atomic E-state index is 5.81. The van der Waals surface area contributed by atoms with Crippen LogP contribution in [-0.4, -0.2) is 13.7 Å². The van der Waals surface area contributed by atoms with Crippen LogP contribution in [0.25, 0.3) is 0 Å². The third-order valence-corrected chi connectivity index (χ3v) is 3.48. The van der Waals surface area contributed by atoms with Crippen molar-refractivity contribution in [2.75, 3.05) is 24.3 Å². The molecule has 1 aliphatic heterocycles. The van der Waals surface area contributed by atoms with Crippen molar-refractivity contribution in [3.8, 4) is 5.75 Å². The van der Waals surface area contributed by atoms with Gasteiger partial charge in [-0.05, 0) is 41.5 Å². The van der Waals surface area contributed by atoms with Gasteiger partial charge in [-0.3, -0.25) is 0 Å². The average molecular weight is 254 g/mol. The van der Waals surface area contributed by atoms with Crippen molar-refractivity contribution >= 4 is 11.4 Å². The van der Waals surface area contributed by atoms with Gasteiger partial charge in [-0.1, -0.05) is 12.1 Å². The minimum Gasteiger partial charge on any atom is -0.493 e. The van der Waals surface area contributed by atoms with Crippen LogP contribution in [0.3, 0.4) is 0 Å². The Hall–Kier alpha value is -2.16. The highest BCUT2D eigenvalue weighted by atomic mass is 16.5. The van der Waals surface area contributed by atoms with Crippen LogP contribution in [-0.2, 0) is 13.0 Å². The Morgan fingerprint density at radius 3 is 2.95 bits per heavy atom. The van der Waals surface area contributed by atoms with Crippen LogP contribution in [0.1, 0.15) is 11.1 Å². The molecule has 0 fully saturated rings. The Morgan fingerprint density at radius 1 is 1.21 bits per heavy atom. The predicted molar refractivity (Wildman–Crippen MR) is 78.6 cm³/mol. The lowest BCUT2D eigenvalue weighted by Crippen LogP contribution is -2.16. The second-order valence-corrected chi connectivity index (χ2v) is 4.99. The van der Waals surface area contributed by atoms with Gasteiger partial charge in [0.2, 0.25) is 0 Å². The molecule has 3 nitrogen and oxygen atoms in total. The van der Waals surface area contributed by atoms with Gasteiger partial charge in [-0.15, -0.1) is 0 Å². The molecule has 3 heteroatoms. The predicted octanol–water partition coefficient (Wildman–Crippen LogP) is 2.84. The van der Waals surface area contributed by atoms with E-state index in [1.165, 1.54) is 16.8 Å². The van der Waals surface area contributed by atoms with Gasteiger partial charge in [0.1, 0.15) is 5.75 Å². The third-order valence-electron chi connectivity index (χ3n) is 3.48. The number of rotatable bonds is 3. The Bertz CT molecular complexity index is 595. The van der Waals surface area contributed by atoms with E-state index in [4.69, 9.17) is 10.5 Å². The average Bonchev–Trinajstić information content (AvgIpc) is 2.85. The maximum Gasteiger partial charge on any atom is 0.122 e. The summed E-state index contributed by atoms with van der Waals surface area (Å²) in [7, 11) is 2.10. The zero-order chi connectivity index (χ0) is 13.2. The molecule has 1 aliphatic rings. The van der Waals surface area contributed by atoms with E-state index < -0.39 is 0 Å². The fraction of sp³-hybridized carbons (Fsp3) is 0.250. The Morgan fingerprint density at radius 2 is 2.11 bits per heavy atom. The Kier molecular flexibility index (Phi) is 3.03. The van der Waals surface area contributed by atoms with Gasteiger partial charge in [0, 0.05) is 31.4 Å². The lowest BCUT2D eigenvalue weighted by molar-refractivity contribution is 0.357. The lowest BCUT2D eigenvalue weighted by Gasteiger charge is -2.20. The summed E-state index contributed by atoms with van der Waals surface area (Å²) in [4.78, 5) is 2.23. The first kappa shape index (κ1) is 11.9. The number of nitrogen functional groups attached to an aromatic ring is 1.